The van der Waals surface area contributed by atoms with Crippen LogP contribution in [0.15, 0.2) is 50.1 Å². The molecule has 0 aliphatic heterocycles. The van der Waals surface area contributed by atoms with Crippen molar-refractivity contribution in [3.63, 3.8) is 0 Å². The molecule has 3 aliphatic rings. The predicted octanol–water partition coefficient (Wildman–Crippen LogP) is 4.48. The van der Waals surface area contributed by atoms with Crippen LogP contribution in [-0.2, 0) is 4.79 Å². The fraction of sp³-hybridized carbons (Fsp3) is 0.526. The fourth-order valence-corrected chi connectivity index (χ4v) is 5.36. The maximum atomic E-state index is 13.4. The molecular formula is C19H24O. The van der Waals surface area contributed by atoms with E-state index in [-0.39, 0.29) is 10.8 Å². The van der Waals surface area contributed by atoms with Gasteiger partial charge in [-0.1, -0.05) is 30.4 Å². The molecule has 0 aromatic carbocycles. The van der Waals surface area contributed by atoms with Gasteiger partial charge in [0.05, 0.1) is 0 Å². The third-order valence-electron chi connectivity index (χ3n) is 6.02. The number of carbonyl (C=O) groups is 1. The minimum Gasteiger partial charge on any atom is -0.298 e. The maximum Gasteiger partial charge on any atom is 0.146 e. The van der Waals surface area contributed by atoms with E-state index < -0.39 is 0 Å². The first-order chi connectivity index (χ1) is 9.64. The largest absolute Gasteiger partial charge is 0.298 e. The van der Waals surface area contributed by atoms with Crippen molar-refractivity contribution in [2.45, 2.75) is 32.1 Å². The Morgan fingerprint density at radius 2 is 1.75 bits per heavy atom. The average molecular weight is 268 g/mol. The van der Waals surface area contributed by atoms with E-state index in [4.69, 9.17) is 0 Å². The number of carbonyl (C=O) groups excluding carboxylic acids is 1. The van der Waals surface area contributed by atoms with E-state index in [2.05, 4.69) is 31.9 Å². The van der Waals surface area contributed by atoms with Crippen LogP contribution >= 0.6 is 0 Å². The normalized spacial score (nSPS) is 39.8. The number of hydrogen-bond acceptors (Lipinski definition) is 1. The molecule has 0 aromatic heterocycles. The van der Waals surface area contributed by atoms with Gasteiger partial charge >= 0.3 is 0 Å². The summed E-state index contributed by atoms with van der Waals surface area (Å²) < 4.78 is 0. The highest BCUT2D eigenvalue weighted by Crippen LogP contribution is 2.69. The number of allylic oxidation sites excluding steroid dienone is 5. The summed E-state index contributed by atoms with van der Waals surface area (Å²) in [5.41, 5.74) is -0.423. The molecular weight excluding hydrogens is 244 g/mol. The lowest BCUT2D eigenvalue weighted by Crippen LogP contribution is -2.40. The molecule has 0 spiro atoms. The summed E-state index contributed by atoms with van der Waals surface area (Å²) in [6, 6.07) is 0. The van der Waals surface area contributed by atoms with Crippen LogP contribution in [0.25, 0.3) is 0 Å². The quantitative estimate of drug-likeness (QED) is 0.649. The summed E-state index contributed by atoms with van der Waals surface area (Å²) in [5.74, 6) is 1.99. The molecule has 0 saturated heterocycles. The summed E-state index contributed by atoms with van der Waals surface area (Å²) in [5, 5.41) is 0. The van der Waals surface area contributed by atoms with Gasteiger partial charge in [-0.2, -0.15) is 0 Å². The summed E-state index contributed by atoms with van der Waals surface area (Å²) in [7, 11) is 0. The van der Waals surface area contributed by atoms with Crippen molar-refractivity contribution in [1.82, 2.24) is 0 Å². The summed E-state index contributed by atoms with van der Waals surface area (Å²) in [6.07, 6.45) is 15.0. The lowest BCUT2D eigenvalue weighted by Gasteiger charge is -2.35. The highest BCUT2D eigenvalue weighted by Gasteiger charge is 2.68. The van der Waals surface area contributed by atoms with Gasteiger partial charge in [-0.3, -0.25) is 4.79 Å². The van der Waals surface area contributed by atoms with E-state index in [0.717, 1.165) is 25.7 Å². The van der Waals surface area contributed by atoms with Gasteiger partial charge in [0, 0.05) is 10.8 Å². The Hall–Kier alpha value is -1.37. The Bertz CT molecular complexity index is 488. The number of rotatable bonds is 6. The minimum absolute atomic E-state index is 0.173. The van der Waals surface area contributed by atoms with Gasteiger partial charge in [0.15, 0.2) is 0 Å². The van der Waals surface area contributed by atoms with Gasteiger partial charge in [0.1, 0.15) is 5.78 Å². The molecule has 0 N–H and O–H groups in total. The first-order valence-electron chi connectivity index (χ1n) is 7.70. The number of ketones is 1. The van der Waals surface area contributed by atoms with Crippen molar-refractivity contribution < 1.29 is 4.79 Å². The average Bonchev–Trinajstić information content (AvgIpc) is 3.06. The molecule has 106 valence electrons. The van der Waals surface area contributed by atoms with Crippen LogP contribution in [0.5, 0.6) is 0 Å². The van der Waals surface area contributed by atoms with Crippen LogP contribution in [-0.4, -0.2) is 5.78 Å². The molecule has 2 saturated carbocycles. The molecule has 0 amide bonds. The molecule has 4 atom stereocenters. The molecule has 0 aromatic rings. The molecule has 2 bridgehead atoms. The third-order valence-corrected chi connectivity index (χ3v) is 6.02. The Morgan fingerprint density at radius 3 is 2.35 bits per heavy atom. The second kappa shape index (κ2) is 4.58. The zero-order chi connectivity index (χ0) is 14.4. The van der Waals surface area contributed by atoms with Crippen LogP contribution in [0.4, 0.5) is 0 Å². The lowest BCUT2D eigenvalue weighted by atomic mass is 9.66. The SMILES string of the molecule is C=CCC1(CC=C)C[C@H]2C3C=CC(C3)[C@@]2(CC=C)C1=O. The topological polar surface area (TPSA) is 17.1 Å². The highest BCUT2D eigenvalue weighted by molar-refractivity contribution is 5.95. The third kappa shape index (κ3) is 1.47. The second-order valence-corrected chi connectivity index (χ2v) is 6.83. The van der Waals surface area contributed by atoms with Gasteiger partial charge in [0.25, 0.3) is 0 Å². The molecule has 3 aliphatic carbocycles. The standard InChI is InChI=1S/C19H24O/c1-4-9-18(10-5-2)13-16-14-7-8-15(12-14)19(16,11-6-3)17(18)20/h4-8,14-16H,1-3,9-13H2/t14?,15?,16-,19+/m0/s1. The van der Waals surface area contributed by atoms with Gasteiger partial charge < -0.3 is 0 Å². The first kappa shape index (κ1) is 13.6. The van der Waals surface area contributed by atoms with Crippen LogP contribution in [0.2, 0.25) is 0 Å². The zero-order valence-corrected chi connectivity index (χ0v) is 12.2. The summed E-state index contributed by atoms with van der Waals surface area (Å²) in [4.78, 5) is 13.4. The van der Waals surface area contributed by atoms with Crippen molar-refractivity contribution in [2.75, 3.05) is 0 Å². The molecule has 3 rings (SSSR count). The van der Waals surface area contributed by atoms with E-state index in [1.165, 1.54) is 6.42 Å². The molecule has 20 heavy (non-hydrogen) atoms. The van der Waals surface area contributed by atoms with E-state index in [9.17, 15) is 4.79 Å². The Morgan fingerprint density at radius 1 is 1.10 bits per heavy atom. The van der Waals surface area contributed by atoms with E-state index in [1.807, 2.05) is 18.2 Å². The highest BCUT2D eigenvalue weighted by atomic mass is 16.1. The van der Waals surface area contributed by atoms with Crippen LogP contribution < -0.4 is 0 Å². The molecule has 2 unspecified atom stereocenters. The minimum atomic E-state index is -0.250. The summed E-state index contributed by atoms with van der Waals surface area (Å²) >= 11 is 0. The Labute approximate surface area is 122 Å². The molecule has 1 heteroatoms. The van der Waals surface area contributed by atoms with Crippen molar-refractivity contribution in [3.8, 4) is 0 Å². The fourth-order valence-electron chi connectivity index (χ4n) is 5.36. The van der Waals surface area contributed by atoms with E-state index >= 15 is 0 Å². The van der Waals surface area contributed by atoms with E-state index in [0.29, 0.717) is 23.5 Å². The van der Waals surface area contributed by atoms with Gasteiger partial charge in [-0.05, 0) is 49.9 Å². The molecule has 1 nitrogen and oxygen atoms in total. The molecule has 2 fully saturated rings. The van der Waals surface area contributed by atoms with Crippen LogP contribution in [0, 0.1) is 28.6 Å². The zero-order valence-electron chi connectivity index (χ0n) is 12.2. The van der Waals surface area contributed by atoms with Crippen molar-refractivity contribution in [1.29, 1.82) is 0 Å². The lowest BCUT2D eigenvalue weighted by molar-refractivity contribution is -0.135. The predicted molar refractivity (Wildman–Crippen MR) is 83.2 cm³/mol. The number of hydrogen-bond donors (Lipinski definition) is 0. The van der Waals surface area contributed by atoms with Gasteiger partial charge in [-0.15, -0.1) is 19.7 Å². The van der Waals surface area contributed by atoms with Crippen LogP contribution in [0.1, 0.15) is 32.1 Å². The van der Waals surface area contributed by atoms with Gasteiger partial charge in [-0.25, -0.2) is 0 Å². The monoisotopic (exact) mass is 268 g/mol. The van der Waals surface area contributed by atoms with Gasteiger partial charge in [0.2, 0.25) is 0 Å². The van der Waals surface area contributed by atoms with E-state index in [1.54, 1.807) is 0 Å². The second-order valence-electron chi connectivity index (χ2n) is 6.83. The Kier molecular flexibility index (Phi) is 3.12. The Balaban J connectivity index is 2.06. The van der Waals surface area contributed by atoms with Crippen molar-refractivity contribution >= 4 is 5.78 Å². The number of Topliss-reactive ketones (excluding diaryl/α,β-unsaturated/α-hetero) is 1. The smallest absolute Gasteiger partial charge is 0.146 e. The summed E-state index contributed by atoms with van der Waals surface area (Å²) in [6.45, 7) is 11.7. The van der Waals surface area contributed by atoms with Crippen LogP contribution in [0.3, 0.4) is 0 Å². The number of fused-ring (bicyclic) bond motifs is 5. The molecule has 0 heterocycles. The first-order valence-corrected chi connectivity index (χ1v) is 7.70. The maximum absolute atomic E-state index is 13.4. The molecule has 0 radical (unpaired) electrons. The van der Waals surface area contributed by atoms with Crippen molar-refractivity contribution in [2.24, 2.45) is 28.6 Å². The van der Waals surface area contributed by atoms with Crippen molar-refractivity contribution in [3.05, 3.63) is 50.1 Å².